The van der Waals surface area contributed by atoms with Gasteiger partial charge in [0.15, 0.2) is 0 Å². The number of aliphatic hydroxyl groups is 1. The maximum atomic E-state index is 9.98. The first-order valence-corrected chi connectivity index (χ1v) is 4.81. The number of allylic oxidation sites excluding steroid dienone is 1. The predicted octanol–water partition coefficient (Wildman–Crippen LogP) is 2.42. The van der Waals surface area contributed by atoms with Crippen LogP contribution in [0.5, 0.6) is 0 Å². The van der Waals surface area contributed by atoms with Gasteiger partial charge in [-0.1, -0.05) is 17.7 Å². The van der Waals surface area contributed by atoms with E-state index in [2.05, 4.69) is 12.7 Å². The molecule has 0 aromatic heterocycles. The molecule has 0 amide bonds. The Morgan fingerprint density at radius 1 is 1.67 bits per heavy atom. The van der Waals surface area contributed by atoms with Crippen LogP contribution in [0, 0.1) is 5.92 Å². The zero-order valence-corrected chi connectivity index (χ0v) is 7.42. The lowest BCUT2D eigenvalue weighted by molar-refractivity contribution is -0.0342. The van der Waals surface area contributed by atoms with Crippen molar-refractivity contribution in [2.75, 3.05) is 0 Å². The molecule has 2 atom stereocenters. The zero-order valence-electron chi connectivity index (χ0n) is 7.42. The lowest BCUT2D eigenvalue weighted by atomic mass is 9.66. The van der Waals surface area contributed by atoms with Gasteiger partial charge < -0.3 is 5.11 Å². The molecule has 1 fully saturated rings. The molecule has 66 valence electrons. The van der Waals surface area contributed by atoms with E-state index in [1.54, 1.807) is 6.08 Å². The molecule has 0 unspecified atom stereocenters. The third-order valence-corrected chi connectivity index (χ3v) is 3.31. The summed E-state index contributed by atoms with van der Waals surface area (Å²) in [5.41, 5.74) is 0.916. The SMILES string of the molecule is C=C[C@@]1(O)CC[C@H]1C1=CCCC1. The molecule has 0 saturated heterocycles. The molecule has 2 aliphatic rings. The van der Waals surface area contributed by atoms with Crippen molar-refractivity contribution >= 4 is 0 Å². The van der Waals surface area contributed by atoms with Gasteiger partial charge in [-0.25, -0.2) is 0 Å². The molecule has 0 aliphatic heterocycles. The molecule has 1 nitrogen and oxygen atoms in total. The van der Waals surface area contributed by atoms with Crippen LogP contribution < -0.4 is 0 Å². The summed E-state index contributed by atoms with van der Waals surface area (Å²) in [6, 6.07) is 0. The molecule has 1 heteroatoms. The molecule has 12 heavy (non-hydrogen) atoms. The van der Waals surface area contributed by atoms with Crippen molar-refractivity contribution in [1.82, 2.24) is 0 Å². The fourth-order valence-corrected chi connectivity index (χ4v) is 2.35. The molecular formula is C11H16O. The zero-order chi connectivity index (χ0) is 8.60. The number of rotatable bonds is 2. The molecular weight excluding hydrogens is 148 g/mol. The Balaban J connectivity index is 2.10. The van der Waals surface area contributed by atoms with Gasteiger partial charge >= 0.3 is 0 Å². The fraction of sp³-hybridized carbons (Fsp3) is 0.636. The third-order valence-electron chi connectivity index (χ3n) is 3.31. The van der Waals surface area contributed by atoms with Crippen LogP contribution in [-0.2, 0) is 0 Å². The first-order chi connectivity index (χ1) is 5.76. The van der Waals surface area contributed by atoms with Gasteiger partial charge in [0.1, 0.15) is 0 Å². The van der Waals surface area contributed by atoms with Crippen molar-refractivity contribution in [2.24, 2.45) is 5.92 Å². The average molecular weight is 164 g/mol. The topological polar surface area (TPSA) is 20.2 Å². The highest BCUT2D eigenvalue weighted by molar-refractivity contribution is 5.24. The van der Waals surface area contributed by atoms with Gasteiger partial charge in [-0.3, -0.25) is 0 Å². The van der Waals surface area contributed by atoms with Crippen LogP contribution in [0.3, 0.4) is 0 Å². The minimum absolute atomic E-state index is 0.400. The molecule has 1 N–H and O–H groups in total. The van der Waals surface area contributed by atoms with Crippen LogP contribution in [0.2, 0.25) is 0 Å². The van der Waals surface area contributed by atoms with E-state index in [1.165, 1.54) is 24.8 Å². The normalized spacial score (nSPS) is 40.4. The van der Waals surface area contributed by atoms with Gasteiger partial charge in [0, 0.05) is 5.92 Å². The molecule has 0 heterocycles. The molecule has 1 saturated carbocycles. The average Bonchev–Trinajstić information content (AvgIpc) is 2.54. The molecule has 0 radical (unpaired) electrons. The quantitative estimate of drug-likeness (QED) is 0.621. The molecule has 0 bridgehead atoms. The molecule has 0 aromatic rings. The summed E-state index contributed by atoms with van der Waals surface area (Å²) in [5.74, 6) is 0.400. The largest absolute Gasteiger partial charge is 0.385 e. The maximum absolute atomic E-state index is 9.98. The van der Waals surface area contributed by atoms with Crippen LogP contribution in [0.1, 0.15) is 32.1 Å². The van der Waals surface area contributed by atoms with Crippen LogP contribution >= 0.6 is 0 Å². The van der Waals surface area contributed by atoms with Crippen molar-refractivity contribution in [1.29, 1.82) is 0 Å². The van der Waals surface area contributed by atoms with Gasteiger partial charge in [0.2, 0.25) is 0 Å². The summed E-state index contributed by atoms with van der Waals surface area (Å²) >= 11 is 0. The maximum Gasteiger partial charge on any atom is 0.0890 e. The van der Waals surface area contributed by atoms with Crippen molar-refractivity contribution in [2.45, 2.75) is 37.7 Å². The van der Waals surface area contributed by atoms with E-state index in [4.69, 9.17) is 0 Å². The highest BCUT2D eigenvalue weighted by Crippen LogP contribution is 2.46. The van der Waals surface area contributed by atoms with Crippen LogP contribution in [-0.4, -0.2) is 10.7 Å². The van der Waals surface area contributed by atoms with E-state index in [0.717, 1.165) is 12.8 Å². The molecule has 0 spiro atoms. The first kappa shape index (κ1) is 8.06. The summed E-state index contributed by atoms with van der Waals surface area (Å²) in [7, 11) is 0. The Hall–Kier alpha value is -0.560. The van der Waals surface area contributed by atoms with Crippen molar-refractivity contribution in [3.05, 3.63) is 24.3 Å². The monoisotopic (exact) mass is 164 g/mol. The lowest BCUT2D eigenvalue weighted by Gasteiger charge is -2.44. The van der Waals surface area contributed by atoms with E-state index in [9.17, 15) is 5.11 Å². The van der Waals surface area contributed by atoms with Crippen molar-refractivity contribution in [3.8, 4) is 0 Å². The fourth-order valence-electron chi connectivity index (χ4n) is 2.35. The smallest absolute Gasteiger partial charge is 0.0890 e. The summed E-state index contributed by atoms with van der Waals surface area (Å²) in [4.78, 5) is 0. The highest BCUT2D eigenvalue weighted by atomic mass is 16.3. The number of hydrogen-bond donors (Lipinski definition) is 1. The van der Waals surface area contributed by atoms with E-state index in [-0.39, 0.29) is 0 Å². The second-order valence-corrected chi connectivity index (χ2v) is 3.96. The first-order valence-electron chi connectivity index (χ1n) is 4.81. The van der Waals surface area contributed by atoms with Crippen molar-refractivity contribution in [3.63, 3.8) is 0 Å². The van der Waals surface area contributed by atoms with Gasteiger partial charge in [0.25, 0.3) is 0 Å². The van der Waals surface area contributed by atoms with Gasteiger partial charge in [-0.2, -0.15) is 0 Å². The molecule has 2 aliphatic carbocycles. The Morgan fingerprint density at radius 3 is 2.92 bits per heavy atom. The Bertz CT molecular complexity index is 229. The Labute approximate surface area is 73.8 Å². The third kappa shape index (κ3) is 1.04. The molecule has 0 aromatic carbocycles. The van der Waals surface area contributed by atoms with E-state index in [1.807, 2.05) is 0 Å². The second kappa shape index (κ2) is 2.74. The van der Waals surface area contributed by atoms with Crippen LogP contribution in [0.25, 0.3) is 0 Å². The van der Waals surface area contributed by atoms with Crippen LogP contribution in [0.15, 0.2) is 24.3 Å². The van der Waals surface area contributed by atoms with E-state index < -0.39 is 5.60 Å². The van der Waals surface area contributed by atoms with E-state index >= 15 is 0 Å². The van der Waals surface area contributed by atoms with Crippen molar-refractivity contribution < 1.29 is 5.11 Å². The minimum Gasteiger partial charge on any atom is -0.385 e. The minimum atomic E-state index is -0.559. The summed E-state index contributed by atoms with van der Waals surface area (Å²) in [5, 5.41) is 9.98. The van der Waals surface area contributed by atoms with Gasteiger partial charge in [0.05, 0.1) is 5.60 Å². The summed E-state index contributed by atoms with van der Waals surface area (Å²) in [6.45, 7) is 3.70. The lowest BCUT2D eigenvalue weighted by Crippen LogP contribution is -2.45. The predicted molar refractivity (Wildman–Crippen MR) is 49.8 cm³/mol. The van der Waals surface area contributed by atoms with E-state index in [0.29, 0.717) is 5.92 Å². The Kier molecular flexibility index (Phi) is 1.84. The summed E-state index contributed by atoms with van der Waals surface area (Å²) in [6.07, 6.45) is 9.75. The summed E-state index contributed by atoms with van der Waals surface area (Å²) < 4.78 is 0. The van der Waals surface area contributed by atoms with Crippen LogP contribution in [0.4, 0.5) is 0 Å². The number of hydrogen-bond acceptors (Lipinski definition) is 1. The molecule has 2 rings (SSSR count). The van der Waals surface area contributed by atoms with Gasteiger partial charge in [-0.05, 0) is 32.1 Å². The standard InChI is InChI=1S/C11H16O/c1-2-11(12)8-7-10(11)9-5-3-4-6-9/h2,5,10,12H,1,3-4,6-8H2/t10-,11+/m0/s1. The van der Waals surface area contributed by atoms with Gasteiger partial charge in [-0.15, -0.1) is 6.58 Å². The second-order valence-electron chi connectivity index (χ2n) is 3.96. The Morgan fingerprint density at radius 2 is 2.50 bits per heavy atom. The highest BCUT2D eigenvalue weighted by Gasteiger charge is 2.44.